The van der Waals surface area contributed by atoms with E-state index in [1.165, 1.54) is 6.07 Å². The average Bonchev–Trinajstić information content (AvgIpc) is 3.71. The molecule has 2 atom stereocenters. The molecule has 0 N–H and O–H groups in total. The zero-order valence-electron chi connectivity index (χ0n) is 25.5. The maximum Gasteiger partial charge on any atom is 0.346 e. The molecule has 0 bridgehead atoms. The highest BCUT2D eigenvalue weighted by atomic mass is 35.5. The van der Waals surface area contributed by atoms with E-state index in [0.717, 1.165) is 81.9 Å². The van der Waals surface area contributed by atoms with Crippen LogP contribution >= 0.6 is 11.6 Å². The van der Waals surface area contributed by atoms with Gasteiger partial charge < -0.3 is 14.0 Å². The topological polar surface area (TPSA) is 98.0 Å². The van der Waals surface area contributed by atoms with Crippen LogP contribution < -0.4 is 4.74 Å². The van der Waals surface area contributed by atoms with Gasteiger partial charge in [-0.05, 0) is 72.4 Å². The van der Waals surface area contributed by atoms with Crippen molar-refractivity contribution in [3.05, 3.63) is 94.7 Å². The van der Waals surface area contributed by atoms with Crippen LogP contribution in [0, 0.1) is 5.82 Å². The molecule has 9 rings (SSSR count). The molecule has 47 heavy (non-hydrogen) atoms. The first-order chi connectivity index (χ1) is 22.9. The molecule has 1 aliphatic heterocycles. The van der Waals surface area contributed by atoms with Gasteiger partial charge in [0.25, 0.3) is 0 Å². The van der Waals surface area contributed by atoms with Crippen LogP contribution in [-0.4, -0.2) is 42.1 Å². The molecule has 236 valence electrons. The van der Waals surface area contributed by atoms with Crippen LogP contribution in [0.25, 0.3) is 44.1 Å². The molecule has 1 spiro atoms. The van der Waals surface area contributed by atoms with Gasteiger partial charge in [-0.3, -0.25) is 4.98 Å². The van der Waals surface area contributed by atoms with Gasteiger partial charge in [-0.15, -0.1) is 4.98 Å². The fourth-order valence-corrected chi connectivity index (χ4v) is 8.06. The van der Waals surface area contributed by atoms with E-state index in [-0.39, 0.29) is 16.4 Å². The minimum absolute atomic E-state index is 0.0381. The van der Waals surface area contributed by atoms with E-state index in [0.29, 0.717) is 30.2 Å². The SMILES string of the molecule is C[S+]([O-])c1nc(OCc2ccccc2)c2c(n1)C1(CC1)c1c-2ccnc1-c1c2cnn(C3CCCCO3)c2cc2ccc(F)c(Cl)c12. The number of hydrogen-bond donors (Lipinski definition) is 0. The number of pyridine rings is 1. The highest BCUT2D eigenvalue weighted by Crippen LogP contribution is 2.65. The Morgan fingerprint density at radius 1 is 1.11 bits per heavy atom. The van der Waals surface area contributed by atoms with Gasteiger partial charge in [0.15, 0.2) is 6.23 Å². The quantitative estimate of drug-likeness (QED) is 0.132. The van der Waals surface area contributed by atoms with Crippen LogP contribution in [0.1, 0.15) is 55.2 Å². The second-order valence-corrected chi connectivity index (χ2v) is 14.1. The predicted molar refractivity (Wildman–Crippen MR) is 178 cm³/mol. The molecular formula is C36H29ClFN5O3S. The van der Waals surface area contributed by atoms with Crippen LogP contribution in [0.2, 0.25) is 5.02 Å². The number of hydrogen-bond acceptors (Lipinski definition) is 7. The number of nitrogens with zero attached hydrogens (tertiary/aromatic N) is 5. The van der Waals surface area contributed by atoms with Crippen molar-refractivity contribution in [1.29, 1.82) is 0 Å². The molecule has 4 heterocycles. The molecule has 11 heteroatoms. The Morgan fingerprint density at radius 2 is 1.96 bits per heavy atom. The number of rotatable bonds is 6. The van der Waals surface area contributed by atoms with E-state index >= 15 is 4.39 Å². The van der Waals surface area contributed by atoms with Crippen molar-refractivity contribution in [1.82, 2.24) is 24.7 Å². The average molecular weight is 666 g/mol. The monoisotopic (exact) mass is 665 g/mol. The normalized spacial score (nSPS) is 18.4. The molecule has 1 saturated carbocycles. The third-order valence-electron chi connectivity index (χ3n) is 9.67. The largest absolute Gasteiger partial charge is 0.609 e. The van der Waals surface area contributed by atoms with Gasteiger partial charge in [0, 0.05) is 45.7 Å². The zero-order chi connectivity index (χ0) is 31.9. The van der Waals surface area contributed by atoms with Gasteiger partial charge in [-0.25, -0.2) is 9.07 Å². The van der Waals surface area contributed by atoms with Crippen LogP contribution in [0.3, 0.4) is 0 Å². The van der Waals surface area contributed by atoms with Crippen molar-refractivity contribution in [2.45, 2.75) is 55.5 Å². The Labute approximate surface area is 278 Å². The highest BCUT2D eigenvalue weighted by molar-refractivity contribution is 7.90. The van der Waals surface area contributed by atoms with Gasteiger partial charge >= 0.3 is 5.16 Å². The summed E-state index contributed by atoms with van der Waals surface area (Å²) in [6.07, 6.45) is 9.54. The van der Waals surface area contributed by atoms with E-state index in [1.54, 1.807) is 18.5 Å². The fourth-order valence-electron chi connectivity index (χ4n) is 7.37. The lowest BCUT2D eigenvalue weighted by Gasteiger charge is -2.24. The lowest BCUT2D eigenvalue weighted by atomic mass is 9.88. The number of aromatic nitrogens is 5. The van der Waals surface area contributed by atoms with Gasteiger partial charge in [0.05, 0.1) is 33.7 Å². The Kier molecular flexibility index (Phi) is 6.80. The summed E-state index contributed by atoms with van der Waals surface area (Å²) in [5.41, 5.74) is 6.25. The summed E-state index contributed by atoms with van der Waals surface area (Å²) in [5, 5.41) is 7.26. The summed E-state index contributed by atoms with van der Waals surface area (Å²) in [5.74, 6) is -0.113. The number of benzene rings is 3. The summed E-state index contributed by atoms with van der Waals surface area (Å²) < 4.78 is 42.5. The van der Waals surface area contributed by atoms with Crippen LogP contribution in [0.5, 0.6) is 5.88 Å². The maximum absolute atomic E-state index is 15.2. The Balaban J connectivity index is 1.30. The summed E-state index contributed by atoms with van der Waals surface area (Å²) in [7, 11) is 0. The van der Waals surface area contributed by atoms with E-state index in [4.69, 9.17) is 36.1 Å². The molecule has 3 aromatic heterocycles. The first-order valence-corrected chi connectivity index (χ1v) is 17.7. The molecule has 3 aliphatic rings. The highest BCUT2D eigenvalue weighted by Gasteiger charge is 2.57. The Bertz CT molecular complexity index is 2220. The Morgan fingerprint density at radius 3 is 2.72 bits per heavy atom. The third-order valence-corrected chi connectivity index (χ3v) is 10.7. The van der Waals surface area contributed by atoms with Gasteiger partial charge in [0.1, 0.15) is 18.7 Å². The van der Waals surface area contributed by atoms with Gasteiger partial charge in [0.2, 0.25) is 5.88 Å². The standard InChI is InChI=1S/C36H29ClFN5O3S/c1-47(44)35-41-33-29(34(42-35)46-19-20-7-3-2-4-8-20)22-12-15-39-32(30(22)36(33)13-14-36)28-23-18-40-43(26-9-5-6-16-45-26)25(23)17-21-10-11-24(38)31(37)27(21)28/h2-4,7-8,10-12,15,17-18,26H,5-6,9,13-14,16,19H2,1H3. The molecule has 3 aromatic carbocycles. The fraction of sp³-hybridized carbons (Fsp3) is 0.278. The lowest BCUT2D eigenvalue weighted by molar-refractivity contribution is -0.0366. The maximum atomic E-state index is 15.2. The van der Waals surface area contributed by atoms with Gasteiger partial charge in [-0.1, -0.05) is 48.0 Å². The second kappa shape index (κ2) is 11.0. The van der Waals surface area contributed by atoms with E-state index in [1.807, 2.05) is 53.3 Å². The summed E-state index contributed by atoms with van der Waals surface area (Å²) in [6.45, 7) is 0.972. The summed E-state index contributed by atoms with van der Waals surface area (Å²) >= 11 is 5.38. The van der Waals surface area contributed by atoms with Crippen molar-refractivity contribution in [3.63, 3.8) is 0 Å². The van der Waals surface area contributed by atoms with Crippen molar-refractivity contribution in [2.75, 3.05) is 12.9 Å². The third kappa shape index (κ3) is 4.49. The van der Waals surface area contributed by atoms with Gasteiger partial charge in [-0.2, -0.15) is 10.1 Å². The van der Waals surface area contributed by atoms with Crippen molar-refractivity contribution >= 4 is 44.5 Å². The van der Waals surface area contributed by atoms with Crippen molar-refractivity contribution < 1.29 is 18.4 Å². The minimum atomic E-state index is -1.43. The molecule has 2 unspecified atom stereocenters. The first kappa shape index (κ1) is 29.1. The van der Waals surface area contributed by atoms with Crippen molar-refractivity contribution in [2.24, 2.45) is 0 Å². The zero-order valence-corrected chi connectivity index (χ0v) is 27.1. The number of fused-ring (bicyclic) bond motifs is 7. The molecule has 1 saturated heterocycles. The molecule has 0 amide bonds. The second-order valence-electron chi connectivity index (χ2n) is 12.5. The summed E-state index contributed by atoms with van der Waals surface area (Å²) in [4.78, 5) is 14.6. The van der Waals surface area contributed by atoms with Crippen LogP contribution in [0.4, 0.5) is 4.39 Å². The van der Waals surface area contributed by atoms with Crippen molar-refractivity contribution in [3.8, 4) is 28.3 Å². The van der Waals surface area contributed by atoms with E-state index in [9.17, 15) is 4.55 Å². The Hall–Kier alpha value is -4.09. The molecular weight excluding hydrogens is 637 g/mol. The predicted octanol–water partition coefficient (Wildman–Crippen LogP) is 7.91. The summed E-state index contributed by atoms with van der Waals surface area (Å²) in [6, 6.07) is 17.0. The first-order valence-electron chi connectivity index (χ1n) is 15.8. The molecule has 2 aliphatic carbocycles. The molecule has 8 nitrogen and oxygen atoms in total. The van der Waals surface area contributed by atoms with E-state index in [2.05, 4.69) is 4.98 Å². The lowest BCUT2D eigenvalue weighted by Crippen LogP contribution is -2.19. The smallest absolute Gasteiger partial charge is 0.346 e. The molecule has 0 radical (unpaired) electrons. The van der Waals surface area contributed by atoms with E-state index < -0.39 is 22.4 Å². The number of ether oxygens (including phenoxy) is 2. The molecule has 6 aromatic rings. The minimum Gasteiger partial charge on any atom is -0.609 e. The molecule has 2 fully saturated rings. The number of halogens is 2. The van der Waals surface area contributed by atoms with Crippen LogP contribution in [-0.2, 0) is 27.9 Å². The van der Waals surface area contributed by atoms with Crippen LogP contribution in [0.15, 0.2) is 72.1 Å².